The highest BCUT2D eigenvalue weighted by atomic mass is 32.1. The van der Waals surface area contributed by atoms with Crippen LogP contribution in [-0.2, 0) is 11.2 Å². The number of aromatic nitrogens is 2. The lowest BCUT2D eigenvalue weighted by Gasteiger charge is -2.34. The van der Waals surface area contributed by atoms with Gasteiger partial charge in [-0.2, -0.15) is 0 Å². The van der Waals surface area contributed by atoms with Crippen molar-refractivity contribution in [2.24, 2.45) is 0 Å². The Kier molecular flexibility index (Phi) is 6.22. The predicted octanol–water partition coefficient (Wildman–Crippen LogP) is 3.12. The number of unbranched alkanes of at least 4 members (excludes halogenated alkanes) is 1. The second-order valence-corrected chi connectivity index (χ2v) is 8.99. The highest BCUT2D eigenvalue weighted by Gasteiger charge is 2.24. The number of amides is 1. The molecular weight excluding hydrogens is 370 g/mol. The minimum absolute atomic E-state index is 0.299. The number of carbonyl (C=O) groups excluding carboxylic acids is 1. The molecule has 0 spiro atoms. The Bertz CT molecular complexity index is 785. The summed E-state index contributed by atoms with van der Waals surface area (Å²) in [7, 11) is 0. The van der Waals surface area contributed by atoms with Gasteiger partial charge in [0.1, 0.15) is 0 Å². The van der Waals surface area contributed by atoms with Gasteiger partial charge in [0.2, 0.25) is 11.9 Å². The van der Waals surface area contributed by atoms with E-state index in [9.17, 15) is 4.79 Å². The molecule has 28 heavy (non-hydrogen) atoms. The average molecular weight is 400 g/mol. The lowest BCUT2D eigenvalue weighted by Crippen LogP contribution is -2.47. The van der Waals surface area contributed by atoms with Crippen LogP contribution in [0.2, 0.25) is 0 Å². The Morgan fingerprint density at radius 1 is 1.04 bits per heavy atom. The van der Waals surface area contributed by atoms with Gasteiger partial charge in [0.15, 0.2) is 0 Å². The molecule has 4 rings (SSSR count). The number of hydrogen-bond acceptors (Lipinski definition) is 6. The maximum Gasteiger partial charge on any atom is 0.227 e. The molecule has 1 saturated heterocycles. The first-order valence-corrected chi connectivity index (χ1v) is 11.2. The molecule has 1 fully saturated rings. The number of nitrogens with zero attached hydrogens (tertiary/aromatic N) is 5. The van der Waals surface area contributed by atoms with Crippen LogP contribution in [0.5, 0.6) is 0 Å². The molecule has 0 atom stereocenters. The van der Waals surface area contributed by atoms with Crippen molar-refractivity contribution in [2.75, 3.05) is 49.1 Å². The van der Waals surface area contributed by atoms with Crippen LogP contribution in [0.4, 0.5) is 11.6 Å². The molecule has 2 aliphatic heterocycles. The van der Waals surface area contributed by atoms with Gasteiger partial charge in [-0.05, 0) is 51.3 Å². The average Bonchev–Trinajstić information content (AvgIpc) is 3.02. The van der Waals surface area contributed by atoms with Gasteiger partial charge in [0.25, 0.3) is 0 Å². The van der Waals surface area contributed by atoms with E-state index in [1.165, 1.54) is 15.4 Å². The predicted molar refractivity (Wildman–Crippen MR) is 114 cm³/mol. The van der Waals surface area contributed by atoms with Crippen LogP contribution in [0.15, 0.2) is 24.5 Å². The van der Waals surface area contributed by atoms with E-state index in [-0.39, 0.29) is 0 Å². The summed E-state index contributed by atoms with van der Waals surface area (Å²) in [6.45, 7) is 8.14. The van der Waals surface area contributed by atoms with Crippen LogP contribution in [0.25, 0.3) is 0 Å². The van der Waals surface area contributed by atoms with Crippen LogP contribution >= 0.6 is 11.3 Å². The third-order valence-electron chi connectivity index (χ3n) is 5.61. The van der Waals surface area contributed by atoms with Gasteiger partial charge in [-0.15, -0.1) is 11.3 Å². The van der Waals surface area contributed by atoms with Crippen molar-refractivity contribution in [1.82, 2.24) is 14.9 Å². The quantitative estimate of drug-likeness (QED) is 0.699. The number of rotatable bonds is 6. The molecule has 1 amide bonds. The monoisotopic (exact) mass is 399 g/mol. The third kappa shape index (κ3) is 4.52. The molecule has 0 aliphatic carbocycles. The highest BCUT2D eigenvalue weighted by molar-refractivity contribution is 7.12. The zero-order valence-electron chi connectivity index (χ0n) is 16.6. The second kappa shape index (κ2) is 9.01. The minimum Gasteiger partial charge on any atom is -0.338 e. The van der Waals surface area contributed by atoms with Crippen LogP contribution in [0, 0.1) is 6.92 Å². The Hall–Kier alpha value is -1.99. The number of piperazine rings is 1. The number of aryl methyl sites for hydroxylation is 2. The Labute approximate surface area is 171 Å². The molecule has 2 aromatic heterocycles. The molecule has 150 valence electrons. The van der Waals surface area contributed by atoms with Crippen molar-refractivity contribution >= 4 is 28.9 Å². The molecule has 0 bridgehead atoms. The third-order valence-corrected chi connectivity index (χ3v) is 6.71. The van der Waals surface area contributed by atoms with E-state index in [1.807, 2.05) is 17.4 Å². The zero-order valence-corrected chi connectivity index (χ0v) is 17.5. The molecule has 0 N–H and O–H groups in total. The number of hydrogen-bond donors (Lipinski definition) is 0. The molecule has 2 aromatic rings. The minimum atomic E-state index is 0.299. The van der Waals surface area contributed by atoms with E-state index >= 15 is 0 Å². The van der Waals surface area contributed by atoms with Crippen molar-refractivity contribution in [1.29, 1.82) is 0 Å². The summed E-state index contributed by atoms with van der Waals surface area (Å²) in [5.74, 6) is 1.14. The van der Waals surface area contributed by atoms with Crippen molar-refractivity contribution in [3.63, 3.8) is 0 Å². The van der Waals surface area contributed by atoms with E-state index in [0.717, 1.165) is 70.9 Å². The first-order valence-electron chi connectivity index (χ1n) is 10.3. The zero-order chi connectivity index (χ0) is 19.3. The van der Waals surface area contributed by atoms with Crippen LogP contribution in [-0.4, -0.2) is 60.0 Å². The van der Waals surface area contributed by atoms with E-state index in [0.29, 0.717) is 12.3 Å². The number of carbonyl (C=O) groups is 1. The van der Waals surface area contributed by atoms with Crippen molar-refractivity contribution < 1.29 is 4.79 Å². The fourth-order valence-electron chi connectivity index (χ4n) is 4.10. The maximum atomic E-state index is 12.6. The number of anilines is 2. The first kappa shape index (κ1) is 19.3. The molecule has 6 nitrogen and oxygen atoms in total. The Morgan fingerprint density at radius 3 is 2.57 bits per heavy atom. The van der Waals surface area contributed by atoms with Gasteiger partial charge in [-0.3, -0.25) is 9.69 Å². The van der Waals surface area contributed by atoms with E-state index in [2.05, 4.69) is 37.7 Å². The molecule has 0 aromatic carbocycles. The van der Waals surface area contributed by atoms with Gasteiger partial charge < -0.3 is 9.80 Å². The normalized spacial score (nSPS) is 18.2. The van der Waals surface area contributed by atoms with Gasteiger partial charge in [-0.25, -0.2) is 9.97 Å². The fourth-order valence-corrected chi connectivity index (χ4v) is 5.18. The number of fused-ring (bicyclic) bond motifs is 1. The summed E-state index contributed by atoms with van der Waals surface area (Å²) in [6.07, 6.45) is 8.51. The lowest BCUT2D eigenvalue weighted by atomic mass is 10.2. The number of thiophene rings is 1. The van der Waals surface area contributed by atoms with Crippen molar-refractivity contribution in [3.05, 3.63) is 34.3 Å². The molecule has 4 heterocycles. The standard InChI is InChI=1S/C21H29N5OS/c1-17-16-18-19(28-17)6-4-7-20(27)26(18)11-3-2-10-24-12-14-25(15-13-24)21-22-8-5-9-23-21/h5,8-9,16H,2-4,6-7,10-15H2,1H3. The van der Waals surface area contributed by atoms with Gasteiger partial charge >= 0.3 is 0 Å². The van der Waals surface area contributed by atoms with E-state index in [1.54, 1.807) is 12.4 Å². The van der Waals surface area contributed by atoms with Crippen molar-refractivity contribution in [3.8, 4) is 0 Å². The van der Waals surface area contributed by atoms with Crippen LogP contribution in [0.1, 0.15) is 35.4 Å². The van der Waals surface area contributed by atoms with Gasteiger partial charge in [0.05, 0.1) is 5.69 Å². The molecule has 0 unspecified atom stereocenters. The molecule has 7 heteroatoms. The molecular formula is C21H29N5OS. The summed E-state index contributed by atoms with van der Waals surface area (Å²) in [5.41, 5.74) is 1.18. The summed E-state index contributed by atoms with van der Waals surface area (Å²) in [6, 6.07) is 4.06. The van der Waals surface area contributed by atoms with E-state index < -0.39 is 0 Å². The van der Waals surface area contributed by atoms with Crippen molar-refractivity contribution in [2.45, 2.75) is 39.0 Å². The van der Waals surface area contributed by atoms with Gasteiger partial charge in [0, 0.05) is 61.3 Å². The lowest BCUT2D eigenvalue weighted by molar-refractivity contribution is -0.118. The topological polar surface area (TPSA) is 52.6 Å². The maximum absolute atomic E-state index is 12.6. The Morgan fingerprint density at radius 2 is 1.79 bits per heavy atom. The molecule has 0 radical (unpaired) electrons. The summed E-state index contributed by atoms with van der Waals surface area (Å²) in [5, 5.41) is 0. The molecule has 0 saturated carbocycles. The SMILES string of the molecule is Cc1cc2c(s1)CCCC(=O)N2CCCCN1CCN(c2ncccn2)CC1. The van der Waals surface area contributed by atoms with E-state index in [4.69, 9.17) is 0 Å². The summed E-state index contributed by atoms with van der Waals surface area (Å²) < 4.78 is 0. The Balaban J connectivity index is 1.22. The highest BCUT2D eigenvalue weighted by Crippen LogP contribution is 2.34. The molecule has 2 aliphatic rings. The smallest absolute Gasteiger partial charge is 0.227 e. The summed E-state index contributed by atoms with van der Waals surface area (Å²) in [4.78, 5) is 30.8. The van der Waals surface area contributed by atoms with Gasteiger partial charge in [-0.1, -0.05) is 0 Å². The first-order chi connectivity index (χ1) is 13.7. The van der Waals surface area contributed by atoms with Crippen LogP contribution < -0.4 is 9.80 Å². The largest absolute Gasteiger partial charge is 0.338 e. The summed E-state index contributed by atoms with van der Waals surface area (Å²) >= 11 is 1.85. The fraction of sp³-hybridized carbons (Fsp3) is 0.571. The van der Waals surface area contributed by atoms with Crippen LogP contribution in [0.3, 0.4) is 0 Å². The second-order valence-electron chi connectivity index (χ2n) is 7.65.